The van der Waals surface area contributed by atoms with E-state index in [1.54, 1.807) is 13.1 Å². The van der Waals surface area contributed by atoms with Crippen molar-refractivity contribution in [1.29, 1.82) is 0 Å². The quantitative estimate of drug-likeness (QED) is 0.499. The Bertz CT molecular complexity index is 850. The van der Waals surface area contributed by atoms with Gasteiger partial charge in [0.15, 0.2) is 23.4 Å². The molecule has 0 bridgehead atoms. The summed E-state index contributed by atoms with van der Waals surface area (Å²) in [5, 5.41) is 10.8. The molecule has 164 valence electrons. The van der Waals surface area contributed by atoms with Crippen molar-refractivity contribution in [3.8, 4) is 0 Å². The molecule has 3 rings (SSSR count). The Labute approximate surface area is 176 Å². The zero-order valence-corrected chi connectivity index (χ0v) is 17.9. The average molecular weight is 420 g/mol. The van der Waals surface area contributed by atoms with Gasteiger partial charge in [-0.05, 0) is 37.3 Å². The Hall–Kier alpha value is -2.64. The van der Waals surface area contributed by atoms with Crippen molar-refractivity contribution >= 4 is 11.6 Å². The maximum atomic E-state index is 13.5. The van der Waals surface area contributed by atoms with Crippen LogP contribution in [0.25, 0.3) is 0 Å². The first-order chi connectivity index (χ1) is 14.5. The van der Waals surface area contributed by atoms with Crippen molar-refractivity contribution in [2.75, 3.05) is 31.6 Å². The Morgan fingerprint density at radius 1 is 1.23 bits per heavy atom. The topological polar surface area (TPSA) is 65.7 Å². The molecule has 2 heterocycles. The van der Waals surface area contributed by atoms with Crippen LogP contribution in [0.2, 0.25) is 0 Å². The summed E-state index contributed by atoms with van der Waals surface area (Å²) in [7, 11) is 1.73. The molecule has 0 aliphatic carbocycles. The van der Waals surface area contributed by atoms with Gasteiger partial charge >= 0.3 is 0 Å². The van der Waals surface area contributed by atoms with E-state index in [2.05, 4.69) is 39.5 Å². The number of aliphatic imine (C=N–C) groups is 1. The number of anilines is 1. The summed E-state index contributed by atoms with van der Waals surface area (Å²) >= 11 is 0. The van der Waals surface area contributed by atoms with Crippen LogP contribution in [0.1, 0.15) is 50.5 Å². The molecule has 1 atom stereocenters. The molecule has 1 unspecified atom stereocenters. The summed E-state index contributed by atoms with van der Waals surface area (Å²) in [4.78, 5) is 6.35. The number of nitrogens with one attached hydrogen (secondary N) is 2. The van der Waals surface area contributed by atoms with E-state index < -0.39 is 11.6 Å². The molecule has 6 nitrogen and oxygen atoms in total. The highest BCUT2D eigenvalue weighted by atomic mass is 19.2. The monoisotopic (exact) mass is 419 g/mol. The Balaban J connectivity index is 1.45. The Morgan fingerprint density at radius 3 is 2.73 bits per heavy atom. The first-order valence-electron chi connectivity index (χ1n) is 10.6. The van der Waals surface area contributed by atoms with Crippen molar-refractivity contribution in [3.05, 3.63) is 47.4 Å². The largest absolute Gasteiger partial charge is 0.371 e. The number of aromatic nitrogens is 1. The third-order valence-corrected chi connectivity index (χ3v) is 5.75. The Kier molecular flexibility index (Phi) is 7.65. The van der Waals surface area contributed by atoms with Crippen LogP contribution in [0.5, 0.6) is 0 Å². The molecule has 0 saturated carbocycles. The number of benzene rings is 1. The number of rotatable bonds is 8. The van der Waals surface area contributed by atoms with Crippen LogP contribution in [0.3, 0.4) is 0 Å². The summed E-state index contributed by atoms with van der Waals surface area (Å²) in [6.45, 7) is 7.18. The van der Waals surface area contributed by atoms with E-state index in [4.69, 9.17) is 4.52 Å². The highest BCUT2D eigenvalue weighted by Gasteiger charge is 2.23. The number of hydrogen-bond donors (Lipinski definition) is 2. The van der Waals surface area contributed by atoms with Crippen LogP contribution in [0.15, 0.2) is 33.8 Å². The van der Waals surface area contributed by atoms with Gasteiger partial charge < -0.3 is 20.1 Å². The molecule has 1 saturated heterocycles. The van der Waals surface area contributed by atoms with Crippen LogP contribution >= 0.6 is 0 Å². The van der Waals surface area contributed by atoms with E-state index in [9.17, 15) is 8.78 Å². The second-order valence-electron chi connectivity index (χ2n) is 7.74. The van der Waals surface area contributed by atoms with Gasteiger partial charge in [0.1, 0.15) is 0 Å². The third kappa shape index (κ3) is 5.49. The molecule has 30 heavy (non-hydrogen) atoms. The lowest BCUT2D eigenvalue weighted by Crippen LogP contribution is -2.39. The van der Waals surface area contributed by atoms with Crippen molar-refractivity contribution < 1.29 is 13.3 Å². The number of hydrogen-bond acceptors (Lipinski definition) is 4. The van der Waals surface area contributed by atoms with Gasteiger partial charge in [0.2, 0.25) is 0 Å². The molecule has 1 aromatic heterocycles. The van der Waals surface area contributed by atoms with E-state index in [0.29, 0.717) is 24.3 Å². The zero-order valence-electron chi connectivity index (χ0n) is 17.9. The van der Waals surface area contributed by atoms with Crippen LogP contribution in [-0.2, 0) is 6.54 Å². The van der Waals surface area contributed by atoms with Gasteiger partial charge in [0.25, 0.3) is 0 Å². The summed E-state index contributed by atoms with van der Waals surface area (Å²) in [6, 6.07) is 6.08. The minimum Gasteiger partial charge on any atom is -0.371 e. The Morgan fingerprint density at radius 2 is 2.03 bits per heavy atom. The number of nitrogens with zero attached hydrogens (tertiary/aromatic N) is 3. The molecule has 8 heteroatoms. The molecular weight excluding hydrogens is 388 g/mol. The number of halogens is 2. The average Bonchev–Trinajstić information content (AvgIpc) is 3.41. The first-order valence-corrected chi connectivity index (χ1v) is 10.6. The van der Waals surface area contributed by atoms with Gasteiger partial charge in [-0.1, -0.05) is 19.0 Å². The maximum Gasteiger partial charge on any atom is 0.191 e. The van der Waals surface area contributed by atoms with Crippen molar-refractivity contribution in [2.24, 2.45) is 10.9 Å². The predicted molar refractivity (Wildman–Crippen MR) is 115 cm³/mol. The predicted octanol–water partition coefficient (Wildman–Crippen LogP) is 4.05. The van der Waals surface area contributed by atoms with E-state index in [0.717, 1.165) is 56.0 Å². The minimum absolute atomic E-state index is 0.392. The van der Waals surface area contributed by atoms with Gasteiger partial charge in [0.05, 0.1) is 12.2 Å². The van der Waals surface area contributed by atoms with Crippen LogP contribution < -0.4 is 15.5 Å². The van der Waals surface area contributed by atoms with Crippen molar-refractivity contribution in [1.82, 2.24) is 15.8 Å². The first kappa shape index (κ1) is 22.1. The van der Waals surface area contributed by atoms with E-state index in [1.807, 2.05) is 6.07 Å². The summed E-state index contributed by atoms with van der Waals surface area (Å²) in [5.41, 5.74) is 1.72. The molecule has 1 aliphatic heterocycles. The summed E-state index contributed by atoms with van der Waals surface area (Å²) in [5.74, 6) is 0.679. The standard InChI is InChI=1S/C22H31F2N5O/c1-4-16(5-2)21-11-18(30-28-21)13-27-22(25-3)26-12-15-8-9-29(14-15)17-6-7-19(23)20(24)10-17/h6-7,10-11,15-16H,4-5,8-9,12-14H2,1-3H3,(H2,25,26,27). The lowest BCUT2D eigenvalue weighted by Gasteiger charge is -2.19. The molecule has 0 radical (unpaired) electrons. The molecule has 1 aliphatic rings. The second-order valence-corrected chi connectivity index (χ2v) is 7.74. The van der Waals surface area contributed by atoms with Gasteiger partial charge in [-0.25, -0.2) is 8.78 Å². The SMILES string of the molecule is CCC(CC)c1cc(CNC(=NC)NCC2CCN(c3ccc(F)c(F)c3)C2)on1. The zero-order chi connectivity index (χ0) is 21.5. The highest BCUT2D eigenvalue weighted by Crippen LogP contribution is 2.25. The van der Waals surface area contributed by atoms with Crippen LogP contribution in [0.4, 0.5) is 14.5 Å². The maximum absolute atomic E-state index is 13.5. The molecule has 2 aromatic rings. The van der Waals surface area contributed by atoms with Gasteiger partial charge in [0, 0.05) is 50.4 Å². The second kappa shape index (κ2) is 10.4. The molecule has 1 fully saturated rings. The lowest BCUT2D eigenvalue weighted by atomic mass is 9.99. The molecular formula is C22H31F2N5O. The third-order valence-electron chi connectivity index (χ3n) is 5.75. The molecule has 1 aromatic carbocycles. The molecule has 0 spiro atoms. The van der Waals surface area contributed by atoms with Crippen molar-refractivity contribution in [3.63, 3.8) is 0 Å². The van der Waals surface area contributed by atoms with Gasteiger partial charge in [-0.15, -0.1) is 0 Å². The molecule has 2 N–H and O–H groups in total. The van der Waals surface area contributed by atoms with E-state index in [-0.39, 0.29) is 0 Å². The van der Waals surface area contributed by atoms with E-state index >= 15 is 0 Å². The van der Waals surface area contributed by atoms with Crippen molar-refractivity contribution in [2.45, 2.75) is 45.6 Å². The highest BCUT2D eigenvalue weighted by molar-refractivity contribution is 5.79. The van der Waals surface area contributed by atoms with Gasteiger partial charge in [-0.2, -0.15) is 0 Å². The minimum atomic E-state index is -0.815. The fourth-order valence-corrected chi connectivity index (χ4v) is 3.86. The summed E-state index contributed by atoms with van der Waals surface area (Å²) < 4.78 is 32.1. The lowest BCUT2D eigenvalue weighted by molar-refractivity contribution is 0.368. The van der Waals surface area contributed by atoms with E-state index in [1.165, 1.54) is 12.1 Å². The number of guanidine groups is 1. The summed E-state index contributed by atoms with van der Waals surface area (Å²) in [6.07, 6.45) is 3.06. The van der Waals surface area contributed by atoms with Gasteiger partial charge in [-0.3, -0.25) is 4.99 Å². The fraction of sp³-hybridized carbons (Fsp3) is 0.545. The van der Waals surface area contributed by atoms with Crippen LogP contribution in [-0.4, -0.2) is 37.8 Å². The fourth-order valence-electron chi connectivity index (χ4n) is 3.86. The normalized spacial score (nSPS) is 17.1. The van der Waals surface area contributed by atoms with Crippen LogP contribution in [0, 0.1) is 17.6 Å². The molecule has 0 amide bonds. The smallest absolute Gasteiger partial charge is 0.191 e.